The summed E-state index contributed by atoms with van der Waals surface area (Å²) < 4.78 is 0. The third-order valence-corrected chi connectivity index (χ3v) is 2.20. The quantitative estimate of drug-likeness (QED) is 0.288. The van der Waals surface area contributed by atoms with Gasteiger partial charge in [-0.15, -0.1) is 0 Å². The number of hydrogen-bond acceptors (Lipinski definition) is 4. The molecule has 0 unspecified atom stereocenters. The highest BCUT2D eigenvalue weighted by Gasteiger charge is 1.90. The first-order chi connectivity index (χ1) is 6.91. The molecule has 0 spiro atoms. The molecule has 14 heavy (non-hydrogen) atoms. The van der Waals surface area contributed by atoms with Crippen LogP contribution in [-0.4, -0.2) is 26.4 Å². The molecule has 0 aromatic rings. The third kappa shape index (κ3) is 11.8. The van der Waals surface area contributed by atoms with Crippen LogP contribution in [0.5, 0.6) is 0 Å². The summed E-state index contributed by atoms with van der Waals surface area (Å²) >= 11 is 0. The normalized spacial score (nSPS) is 10.7. The number of unbranched alkanes of at least 4 members (excludes halogenated alkanes) is 5. The summed E-state index contributed by atoms with van der Waals surface area (Å²) in [7, 11) is 0. The lowest BCUT2D eigenvalue weighted by Gasteiger charge is -2.04. The SMILES string of the molecule is NCCCCCCCCNCNCN. The average Bonchev–Trinajstić information content (AvgIpc) is 2.21. The number of nitrogens with two attached hydrogens (primary N) is 2. The molecular formula is C10H26N4. The molecular weight excluding hydrogens is 176 g/mol. The van der Waals surface area contributed by atoms with Crippen LogP contribution in [0.2, 0.25) is 0 Å². The minimum Gasteiger partial charge on any atom is -0.330 e. The molecule has 0 aromatic carbocycles. The van der Waals surface area contributed by atoms with E-state index in [-0.39, 0.29) is 0 Å². The fraction of sp³-hybridized carbons (Fsp3) is 1.00. The molecule has 0 saturated carbocycles. The summed E-state index contributed by atoms with van der Waals surface area (Å²) in [5.74, 6) is 0. The first-order valence-corrected chi connectivity index (χ1v) is 5.73. The van der Waals surface area contributed by atoms with Gasteiger partial charge in [-0.1, -0.05) is 25.7 Å². The zero-order chi connectivity index (χ0) is 10.5. The van der Waals surface area contributed by atoms with E-state index in [4.69, 9.17) is 11.5 Å². The van der Waals surface area contributed by atoms with Crippen molar-refractivity contribution in [2.75, 3.05) is 26.4 Å². The standard InChI is InChI=1S/C10H26N4/c11-7-5-3-1-2-4-6-8-13-10-14-9-12/h13-14H,1-12H2. The van der Waals surface area contributed by atoms with E-state index < -0.39 is 0 Å². The molecule has 4 nitrogen and oxygen atoms in total. The second-order valence-corrected chi connectivity index (χ2v) is 3.54. The van der Waals surface area contributed by atoms with Crippen LogP contribution in [0.4, 0.5) is 0 Å². The number of rotatable bonds is 11. The fourth-order valence-electron chi connectivity index (χ4n) is 1.35. The molecule has 0 atom stereocenters. The Bertz CT molecular complexity index is 86.1. The van der Waals surface area contributed by atoms with Crippen molar-refractivity contribution < 1.29 is 0 Å². The summed E-state index contributed by atoms with van der Waals surface area (Å²) in [5.41, 5.74) is 10.7. The monoisotopic (exact) mass is 202 g/mol. The molecule has 0 aromatic heterocycles. The van der Waals surface area contributed by atoms with Crippen molar-refractivity contribution in [2.45, 2.75) is 38.5 Å². The summed E-state index contributed by atoms with van der Waals surface area (Å²) in [4.78, 5) is 0. The second kappa shape index (κ2) is 12.8. The van der Waals surface area contributed by atoms with Gasteiger partial charge in [0.05, 0.1) is 0 Å². The van der Waals surface area contributed by atoms with Gasteiger partial charge in [0.2, 0.25) is 0 Å². The van der Waals surface area contributed by atoms with Crippen molar-refractivity contribution in [3.63, 3.8) is 0 Å². The van der Waals surface area contributed by atoms with Crippen LogP contribution >= 0.6 is 0 Å². The summed E-state index contributed by atoms with van der Waals surface area (Å²) in [5, 5.41) is 6.30. The van der Waals surface area contributed by atoms with Gasteiger partial charge in [-0.2, -0.15) is 0 Å². The van der Waals surface area contributed by atoms with Crippen molar-refractivity contribution in [1.82, 2.24) is 10.6 Å². The number of hydrogen-bond donors (Lipinski definition) is 4. The van der Waals surface area contributed by atoms with Crippen molar-refractivity contribution >= 4 is 0 Å². The molecule has 0 fully saturated rings. The topological polar surface area (TPSA) is 76.1 Å². The first-order valence-electron chi connectivity index (χ1n) is 5.73. The molecule has 0 aliphatic carbocycles. The predicted octanol–water partition coefficient (Wildman–Crippen LogP) is 0.339. The van der Waals surface area contributed by atoms with E-state index >= 15 is 0 Å². The van der Waals surface area contributed by atoms with Crippen LogP contribution in [0.25, 0.3) is 0 Å². The minimum atomic E-state index is 0.548. The molecule has 6 N–H and O–H groups in total. The lowest BCUT2D eigenvalue weighted by atomic mass is 10.1. The Hall–Kier alpha value is -0.160. The number of nitrogens with one attached hydrogen (secondary N) is 2. The summed E-state index contributed by atoms with van der Waals surface area (Å²) in [6.07, 6.45) is 7.72. The second-order valence-electron chi connectivity index (χ2n) is 3.54. The fourth-order valence-corrected chi connectivity index (χ4v) is 1.35. The van der Waals surface area contributed by atoms with Crippen LogP contribution in [0.1, 0.15) is 38.5 Å². The molecule has 0 saturated heterocycles. The smallest absolute Gasteiger partial charge is 0.0464 e. The van der Waals surface area contributed by atoms with Crippen LogP contribution in [-0.2, 0) is 0 Å². The van der Waals surface area contributed by atoms with Gasteiger partial charge in [-0.3, -0.25) is 5.32 Å². The zero-order valence-corrected chi connectivity index (χ0v) is 9.23. The van der Waals surface area contributed by atoms with Crippen molar-refractivity contribution in [3.05, 3.63) is 0 Å². The summed E-state index contributed by atoms with van der Waals surface area (Å²) in [6.45, 7) is 3.30. The highest BCUT2D eigenvalue weighted by molar-refractivity contribution is 4.49. The molecule has 0 radical (unpaired) electrons. The molecule has 0 bridgehead atoms. The van der Waals surface area contributed by atoms with E-state index in [2.05, 4.69) is 10.6 Å². The Morgan fingerprint density at radius 2 is 1.36 bits per heavy atom. The maximum absolute atomic E-state index is 5.41. The highest BCUT2D eigenvalue weighted by Crippen LogP contribution is 2.03. The first kappa shape index (κ1) is 13.8. The molecule has 0 aliphatic heterocycles. The van der Waals surface area contributed by atoms with Gasteiger partial charge in [0.25, 0.3) is 0 Å². The maximum Gasteiger partial charge on any atom is 0.0464 e. The highest BCUT2D eigenvalue weighted by atomic mass is 15.1. The largest absolute Gasteiger partial charge is 0.330 e. The van der Waals surface area contributed by atoms with Crippen LogP contribution in [0, 0.1) is 0 Å². The van der Waals surface area contributed by atoms with Crippen LogP contribution in [0.3, 0.4) is 0 Å². The third-order valence-electron chi connectivity index (χ3n) is 2.20. The zero-order valence-electron chi connectivity index (χ0n) is 9.23. The van der Waals surface area contributed by atoms with Crippen LogP contribution in [0.15, 0.2) is 0 Å². The van der Waals surface area contributed by atoms with Gasteiger partial charge < -0.3 is 16.8 Å². The van der Waals surface area contributed by atoms with E-state index in [0.29, 0.717) is 6.67 Å². The Morgan fingerprint density at radius 1 is 0.714 bits per heavy atom. The van der Waals surface area contributed by atoms with E-state index in [0.717, 1.165) is 19.8 Å². The van der Waals surface area contributed by atoms with Gasteiger partial charge >= 0.3 is 0 Å². The molecule has 0 heterocycles. The minimum absolute atomic E-state index is 0.548. The van der Waals surface area contributed by atoms with Crippen LogP contribution < -0.4 is 22.1 Å². The van der Waals surface area contributed by atoms with Crippen molar-refractivity contribution in [2.24, 2.45) is 11.5 Å². The van der Waals surface area contributed by atoms with E-state index in [1.165, 1.54) is 38.5 Å². The Kier molecular flexibility index (Phi) is 12.7. The van der Waals surface area contributed by atoms with Crippen molar-refractivity contribution in [1.29, 1.82) is 0 Å². The average molecular weight is 202 g/mol. The molecule has 0 aliphatic rings. The molecule has 86 valence electrons. The lowest BCUT2D eigenvalue weighted by Crippen LogP contribution is -2.33. The van der Waals surface area contributed by atoms with Crippen molar-refractivity contribution in [3.8, 4) is 0 Å². The Balaban J connectivity index is 2.78. The van der Waals surface area contributed by atoms with Gasteiger partial charge in [0.15, 0.2) is 0 Å². The molecule has 0 amide bonds. The summed E-state index contributed by atoms with van der Waals surface area (Å²) in [6, 6.07) is 0. The van der Waals surface area contributed by atoms with Gasteiger partial charge in [-0.25, -0.2) is 0 Å². The molecule has 4 heteroatoms. The van der Waals surface area contributed by atoms with E-state index in [1.54, 1.807) is 0 Å². The van der Waals surface area contributed by atoms with Gasteiger partial charge in [0, 0.05) is 13.3 Å². The van der Waals surface area contributed by atoms with E-state index in [1.807, 2.05) is 0 Å². The Morgan fingerprint density at radius 3 is 2.00 bits per heavy atom. The lowest BCUT2D eigenvalue weighted by molar-refractivity contribution is 0.541. The maximum atomic E-state index is 5.41. The van der Waals surface area contributed by atoms with E-state index in [9.17, 15) is 0 Å². The predicted molar refractivity (Wildman–Crippen MR) is 61.8 cm³/mol. The van der Waals surface area contributed by atoms with Gasteiger partial charge in [-0.05, 0) is 25.9 Å². The molecule has 0 rings (SSSR count). The van der Waals surface area contributed by atoms with Gasteiger partial charge in [0.1, 0.15) is 0 Å². The Labute approximate surface area is 87.8 Å².